The number of alkyl halides is 3. The minimum atomic E-state index is -4.41. The number of carbonyl (C=O) groups is 1. The summed E-state index contributed by atoms with van der Waals surface area (Å²) in [5.41, 5.74) is 1.72. The van der Waals surface area contributed by atoms with Gasteiger partial charge in [0, 0.05) is 25.2 Å². The van der Waals surface area contributed by atoms with E-state index in [2.05, 4.69) is 22.4 Å². The largest absolute Gasteiger partial charge is 0.417 e. The molecule has 152 valence electrons. The first kappa shape index (κ1) is 18.5. The molecular formula is C22H22F3N3O. The molecule has 5 rings (SSSR count). The lowest BCUT2D eigenvalue weighted by atomic mass is 10.1. The number of hydrogen-bond acceptors (Lipinski definition) is 3. The highest BCUT2D eigenvalue weighted by Gasteiger charge is 2.61. The van der Waals surface area contributed by atoms with Crippen LogP contribution in [0.25, 0.3) is 0 Å². The van der Waals surface area contributed by atoms with Crippen molar-refractivity contribution in [2.75, 3.05) is 18.0 Å². The Labute approximate surface area is 167 Å². The van der Waals surface area contributed by atoms with Crippen LogP contribution in [0, 0.1) is 5.92 Å². The van der Waals surface area contributed by atoms with Crippen LogP contribution in [0.5, 0.6) is 0 Å². The van der Waals surface area contributed by atoms with Crippen LogP contribution < -0.4 is 10.2 Å². The Bertz CT molecular complexity index is 939. The number of nitrogens with zero attached hydrogens (tertiary/aromatic N) is 2. The molecule has 1 aromatic carbocycles. The first-order chi connectivity index (χ1) is 13.8. The minimum absolute atomic E-state index is 0.0318. The van der Waals surface area contributed by atoms with Crippen LogP contribution in [0.4, 0.5) is 18.9 Å². The summed E-state index contributed by atoms with van der Waals surface area (Å²) in [6, 6.07) is 9.39. The molecule has 3 fully saturated rings. The molecule has 1 aromatic heterocycles. The van der Waals surface area contributed by atoms with E-state index < -0.39 is 11.7 Å². The molecule has 1 saturated heterocycles. The van der Waals surface area contributed by atoms with Gasteiger partial charge in [-0.2, -0.15) is 13.2 Å². The van der Waals surface area contributed by atoms with Crippen molar-refractivity contribution in [3.63, 3.8) is 0 Å². The average molecular weight is 401 g/mol. The third kappa shape index (κ3) is 3.70. The number of fused-ring (bicyclic) bond motifs is 1. The number of halogens is 3. The zero-order valence-corrected chi connectivity index (χ0v) is 15.9. The second-order valence-electron chi connectivity index (χ2n) is 8.61. The Balaban J connectivity index is 1.21. The molecule has 0 unspecified atom stereocenters. The summed E-state index contributed by atoms with van der Waals surface area (Å²) < 4.78 is 38.9. The average Bonchev–Trinajstić information content (AvgIpc) is 3.60. The first-order valence-electron chi connectivity index (χ1n) is 9.99. The summed E-state index contributed by atoms with van der Waals surface area (Å²) in [6.07, 6.45) is 1.59. The van der Waals surface area contributed by atoms with E-state index in [0.29, 0.717) is 31.1 Å². The molecule has 0 radical (unpaired) electrons. The molecule has 3 aliphatic rings. The van der Waals surface area contributed by atoms with E-state index in [1.807, 2.05) is 17.0 Å². The quantitative estimate of drug-likeness (QED) is 0.826. The van der Waals surface area contributed by atoms with E-state index in [4.69, 9.17) is 0 Å². The molecule has 1 aliphatic heterocycles. The van der Waals surface area contributed by atoms with E-state index in [0.717, 1.165) is 24.2 Å². The van der Waals surface area contributed by atoms with Crippen molar-refractivity contribution >= 4 is 11.6 Å². The predicted molar refractivity (Wildman–Crippen MR) is 103 cm³/mol. The molecule has 2 saturated carbocycles. The summed E-state index contributed by atoms with van der Waals surface area (Å²) in [4.78, 5) is 18.2. The molecule has 4 nitrogen and oxygen atoms in total. The predicted octanol–water partition coefficient (Wildman–Crippen LogP) is 3.92. The lowest BCUT2D eigenvalue weighted by molar-refractivity contribution is -0.137. The maximum absolute atomic E-state index is 13.0. The number of carbonyl (C=O) groups excluding carboxylic acids is 1. The molecule has 2 atom stereocenters. The number of piperidine rings is 1. The van der Waals surface area contributed by atoms with Crippen molar-refractivity contribution in [1.82, 2.24) is 10.3 Å². The Morgan fingerprint density at radius 1 is 1.21 bits per heavy atom. The molecule has 1 N–H and O–H groups in total. The van der Waals surface area contributed by atoms with Crippen molar-refractivity contribution < 1.29 is 18.0 Å². The van der Waals surface area contributed by atoms with Crippen LogP contribution in [0.15, 0.2) is 42.7 Å². The Morgan fingerprint density at radius 2 is 1.97 bits per heavy atom. The first-order valence-corrected chi connectivity index (χ1v) is 9.99. The van der Waals surface area contributed by atoms with Gasteiger partial charge in [0.05, 0.1) is 29.4 Å². The van der Waals surface area contributed by atoms with Gasteiger partial charge in [-0.05, 0) is 42.4 Å². The van der Waals surface area contributed by atoms with Crippen LogP contribution in [0.2, 0.25) is 0 Å². The standard InChI is InChI=1S/C22H22F3N3O/c23-22(24,25)17-8-19(11-26-10-17)28-12-18-9-21(18,13-28)27-20(29)7-14-1-3-15(4-2-14)16-5-6-16/h1-4,8,10-11,16,18H,5-7,9,12-13H2,(H,27,29)/t18-,21-/m1/s1. The van der Waals surface area contributed by atoms with Crippen LogP contribution in [0.3, 0.4) is 0 Å². The van der Waals surface area contributed by atoms with Crippen molar-refractivity contribution in [2.24, 2.45) is 5.92 Å². The highest BCUT2D eigenvalue weighted by molar-refractivity contribution is 5.80. The van der Waals surface area contributed by atoms with Gasteiger partial charge >= 0.3 is 6.18 Å². The molecule has 2 aliphatic carbocycles. The zero-order chi connectivity index (χ0) is 20.2. The summed E-state index contributed by atoms with van der Waals surface area (Å²) in [5.74, 6) is 0.938. The molecule has 7 heteroatoms. The Hall–Kier alpha value is -2.57. The minimum Gasteiger partial charge on any atom is -0.368 e. The van der Waals surface area contributed by atoms with Gasteiger partial charge in [0.2, 0.25) is 5.91 Å². The van der Waals surface area contributed by atoms with Crippen LogP contribution >= 0.6 is 0 Å². The van der Waals surface area contributed by atoms with Gasteiger partial charge in [-0.1, -0.05) is 24.3 Å². The maximum atomic E-state index is 13.0. The number of anilines is 1. The van der Waals surface area contributed by atoms with Crippen LogP contribution in [0.1, 0.15) is 41.9 Å². The summed E-state index contributed by atoms with van der Waals surface area (Å²) >= 11 is 0. The molecular weight excluding hydrogens is 379 g/mol. The van der Waals surface area contributed by atoms with E-state index in [9.17, 15) is 18.0 Å². The highest BCUT2D eigenvalue weighted by Crippen LogP contribution is 2.50. The van der Waals surface area contributed by atoms with Crippen molar-refractivity contribution in [3.05, 3.63) is 59.4 Å². The number of amides is 1. The van der Waals surface area contributed by atoms with Crippen molar-refractivity contribution in [2.45, 2.75) is 43.3 Å². The summed E-state index contributed by atoms with van der Waals surface area (Å²) in [6.45, 7) is 1.16. The third-order valence-electron chi connectivity index (χ3n) is 6.34. The molecule has 0 spiro atoms. The highest BCUT2D eigenvalue weighted by atomic mass is 19.4. The topological polar surface area (TPSA) is 45.2 Å². The molecule has 2 heterocycles. The van der Waals surface area contributed by atoms with Crippen LogP contribution in [-0.4, -0.2) is 29.5 Å². The lowest BCUT2D eigenvalue weighted by Crippen LogP contribution is -2.43. The number of nitrogens with one attached hydrogen (secondary N) is 1. The fraction of sp³-hybridized carbons (Fsp3) is 0.455. The molecule has 1 amide bonds. The van der Waals surface area contributed by atoms with Crippen molar-refractivity contribution in [1.29, 1.82) is 0 Å². The second kappa shape index (κ2) is 6.47. The number of pyridine rings is 1. The molecule has 0 bridgehead atoms. The van der Waals surface area contributed by atoms with Gasteiger partial charge in [0.15, 0.2) is 0 Å². The molecule has 29 heavy (non-hydrogen) atoms. The van der Waals surface area contributed by atoms with Gasteiger partial charge in [0.25, 0.3) is 0 Å². The van der Waals surface area contributed by atoms with Crippen molar-refractivity contribution in [3.8, 4) is 0 Å². The summed E-state index contributed by atoms with van der Waals surface area (Å²) in [5, 5.41) is 3.15. The lowest BCUT2D eigenvalue weighted by Gasteiger charge is -2.24. The van der Waals surface area contributed by atoms with E-state index in [1.165, 1.54) is 24.6 Å². The Kier molecular flexibility index (Phi) is 4.12. The van der Waals surface area contributed by atoms with Crippen LogP contribution in [-0.2, 0) is 17.4 Å². The fourth-order valence-electron chi connectivity index (χ4n) is 4.46. The maximum Gasteiger partial charge on any atom is 0.417 e. The van der Waals surface area contributed by atoms with Gasteiger partial charge in [0.1, 0.15) is 0 Å². The van der Waals surface area contributed by atoms with Gasteiger partial charge < -0.3 is 10.2 Å². The molecule has 2 aromatic rings. The monoisotopic (exact) mass is 401 g/mol. The van der Waals surface area contributed by atoms with Gasteiger partial charge in [-0.3, -0.25) is 9.78 Å². The van der Waals surface area contributed by atoms with E-state index >= 15 is 0 Å². The zero-order valence-electron chi connectivity index (χ0n) is 15.9. The smallest absolute Gasteiger partial charge is 0.368 e. The van der Waals surface area contributed by atoms with E-state index in [-0.39, 0.29) is 17.4 Å². The fourth-order valence-corrected chi connectivity index (χ4v) is 4.46. The summed E-state index contributed by atoms with van der Waals surface area (Å²) in [7, 11) is 0. The van der Waals surface area contributed by atoms with Gasteiger partial charge in [-0.15, -0.1) is 0 Å². The SMILES string of the molecule is O=C(Cc1ccc(C2CC2)cc1)N[C@@]12C[C@@H]1CN(c1cncc(C(F)(F)F)c1)C2. The number of aromatic nitrogens is 1. The van der Waals surface area contributed by atoms with Gasteiger partial charge in [-0.25, -0.2) is 0 Å². The van der Waals surface area contributed by atoms with E-state index in [1.54, 1.807) is 0 Å². The number of hydrogen-bond donors (Lipinski definition) is 1. The number of rotatable bonds is 5. The Morgan fingerprint density at radius 3 is 2.66 bits per heavy atom. The second-order valence-corrected chi connectivity index (χ2v) is 8.61. The normalized spacial score (nSPS) is 25.6. The third-order valence-corrected chi connectivity index (χ3v) is 6.34. The number of benzene rings is 1.